The molecule has 2 aromatic rings. The maximum atomic E-state index is 14.3. The first-order chi connectivity index (χ1) is 18.8. The number of H-pyrrole nitrogens is 1. The third-order valence-electron chi connectivity index (χ3n) is 8.99. The van der Waals surface area contributed by atoms with Crippen LogP contribution >= 0.6 is 0 Å². The van der Waals surface area contributed by atoms with E-state index in [2.05, 4.69) is 20.5 Å². The summed E-state index contributed by atoms with van der Waals surface area (Å²) < 4.78 is 52.9. The van der Waals surface area contributed by atoms with Gasteiger partial charge in [-0.25, -0.2) is 18.2 Å². The number of ether oxygens (including phenoxy) is 2. The van der Waals surface area contributed by atoms with Gasteiger partial charge in [-0.15, -0.1) is 0 Å². The molecule has 2 amide bonds. The highest BCUT2D eigenvalue weighted by atomic mass is 19.2. The van der Waals surface area contributed by atoms with Crippen LogP contribution in [0.3, 0.4) is 0 Å². The molecule has 3 aliphatic heterocycles. The molecule has 4 fully saturated rings. The number of amides is 2. The summed E-state index contributed by atoms with van der Waals surface area (Å²) in [4.78, 5) is 32.3. The molecular weight excluding hydrogens is 515 g/mol. The standard InChI is InChI=1S/C27H32F3N5O4/c1-38-23-10-18(19(28)12-31-23)21-11-22(34-33-21)26(37)35-16-2-3-17(35)9-14(8-16)25(36)32-15-4-6-27(7-5-15)24(30)20(29)13-39-27/h10-12,14-17,20,24H,2-9,13H2,1H3,(H,32,36)(H,33,34). The van der Waals surface area contributed by atoms with E-state index in [0.717, 1.165) is 19.0 Å². The minimum atomic E-state index is -1.61. The molecule has 9 nitrogen and oxygen atoms in total. The molecular formula is C27H32F3N5O4. The Labute approximate surface area is 223 Å². The lowest BCUT2D eigenvalue weighted by Crippen LogP contribution is -2.52. The van der Waals surface area contributed by atoms with Crippen molar-refractivity contribution >= 4 is 11.8 Å². The Hall–Kier alpha value is -3.15. The Morgan fingerprint density at radius 2 is 1.87 bits per heavy atom. The number of pyridine rings is 1. The van der Waals surface area contributed by atoms with E-state index in [-0.39, 0.29) is 65.3 Å². The van der Waals surface area contributed by atoms with Gasteiger partial charge in [-0.1, -0.05) is 0 Å². The predicted molar refractivity (Wildman–Crippen MR) is 133 cm³/mol. The zero-order valence-electron chi connectivity index (χ0n) is 21.7. The Kier molecular flexibility index (Phi) is 6.76. The molecule has 39 heavy (non-hydrogen) atoms. The van der Waals surface area contributed by atoms with Gasteiger partial charge in [0.05, 0.1) is 25.6 Å². The average Bonchev–Trinajstić information content (AvgIpc) is 3.61. The number of piperidine rings is 1. The van der Waals surface area contributed by atoms with Crippen LogP contribution in [0.25, 0.3) is 11.3 Å². The number of hydrogen-bond donors (Lipinski definition) is 2. The zero-order chi connectivity index (χ0) is 27.3. The summed E-state index contributed by atoms with van der Waals surface area (Å²) in [7, 11) is 1.43. The van der Waals surface area contributed by atoms with Gasteiger partial charge in [0.15, 0.2) is 18.2 Å². The lowest BCUT2D eigenvalue weighted by Gasteiger charge is -2.40. The number of halogens is 3. The van der Waals surface area contributed by atoms with Gasteiger partial charge in [0.2, 0.25) is 11.8 Å². The first kappa shape index (κ1) is 26.1. The largest absolute Gasteiger partial charge is 0.481 e. The van der Waals surface area contributed by atoms with Gasteiger partial charge in [0, 0.05) is 35.7 Å². The zero-order valence-corrected chi connectivity index (χ0v) is 21.7. The summed E-state index contributed by atoms with van der Waals surface area (Å²) in [6.07, 6.45) is 2.47. The number of carbonyl (C=O) groups is 2. The Balaban J connectivity index is 1.07. The van der Waals surface area contributed by atoms with E-state index in [9.17, 15) is 22.8 Å². The second-order valence-corrected chi connectivity index (χ2v) is 11.2. The highest BCUT2D eigenvalue weighted by molar-refractivity contribution is 5.94. The van der Waals surface area contributed by atoms with Crippen molar-refractivity contribution in [2.75, 3.05) is 13.7 Å². The van der Waals surface area contributed by atoms with Gasteiger partial charge in [0.1, 0.15) is 11.3 Å². The van der Waals surface area contributed by atoms with Gasteiger partial charge >= 0.3 is 0 Å². The van der Waals surface area contributed by atoms with Crippen LogP contribution in [0.2, 0.25) is 0 Å². The molecule has 4 unspecified atom stereocenters. The molecule has 0 aromatic carbocycles. The maximum absolute atomic E-state index is 14.3. The lowest BCUT2D eigenvalue weighted by atomic mass is 9.79. The number of nitrogens with one attached hydrogen (secondary N) is 2. The molecule has 1 aliphatic carbocycles. The molecule has 12 heteroatoms. The van der Waals surface area contributed by atoms with Crippen molar-refractivity contribution < 1.29 is 32.2 Å². The molecule has 2 N–H and O–H groups in total. The van der Waals surface area contributed by atoms with Crippen molar-refractivity contribution in [2.24, 2.45) is 5.92 Å². The summed E-state index contributed by atoms with van der Waals surface area (Å²) in [6, 6.07) is 2.70. The van der Waals surface area contributed by atoms with Gasteiger partial charge in [0.25, 0.3) is 5.91 Å². The molecule has 1 spiro atoms. The highest BCUT2D eigenvalue weighted by Gasteiger charge is 2.53. The Bertz CT molecular complexity index is 1240. The minimum Gasteiger partial charge on any atom is -0.481 e. The number of alkyl halides is 2. The topological polar surface area (TPSA) is 109 Å². The van der Waals surface area contributed by atoms with E-state index in [0.29, 0.717) is 38.5 Å². The summed E-state index contributed by atoms with van der Waals surface area (Å²) in [6.45, 7) is -0.201. The second kappa shape index (κ2) is 10.1. The molecule has 5 heterocycles. The lowest BCUT2D eigenvalue weighted by molar-refractivity contribution is -0.129. The fourth-order valence-corrected chi connectivity index (χ4v) is 6.89. The first-order valence-electron chi connectivity index (χ1n) is 13.6. The van der Waals surface area contributed by atoms with Crippen LogP contribution in [0.1, 0.15) is 61.9 Å². The number of fused-ring (bicyclic) bond motifs is 2. The third kappa shape index (κ3) is 4.66. The van der Waals surface area contributed by atoms with Crippen LogP contribution in [0.5, 0.6) is 5.88 Å². The fourth-order valence-electron chi connectivity index (χ4n) is 6.89. The van der Waals surface area contributed by atoms with Crippen LogP contribution in [-0.4, -0.2) is 81.7 Å². The van der Waals surface area contributed by atoms with Crippen molar-refractivity contribution in [2.45, 2.75) is 87.4 Å². The van der Waals surface area contributed by atoms with Crippen molar-refractivity contribution in [3.63, 3.8) is 0 Å². The van der Waals surface area contributed by atoms with Crippen LogP contribution < -0.4 is 10.1 Å². The predicted octanol–water partition coefficient (Wildman–Crippen LogP) is 3.51. The van der Waals surface area contributed by atoms with E-state index >= 15 is 0 Å². The average molecular weight is 548 g/mol. The van der Waals surface area contributed by atoms with Crippen molar-refractivity contribution in [1.82, 2.24) is 25.4 Å². The van der Waals surface area contributed by atoms with E-state index in [1.807, 2.05) is 4.90 Å². The quantitative estimate of drug-likeness (QED) is 0.593. The SMILES string of the molecule is COc1cc(-c2cc(C(=O)N3C4CCC3CC(C(=O)NC3CCC5(CC3)OCC(F)C5F)C4)[nH]n2)c(F)cn1. The molecule has 210 valence electrons. The summed E-state index contributed by atoms with van der Waals surface area (Å²) >= 11 is 0. The van der Waals surface area contributed by atoms with Crippen molar-refractivity contribution in [3.05, 3.63) is 29.8 Å². The minimum absolute atomic E-state index is 0.0432. The molecule has 4 aliphatic rings. The van der Waals surface area contributed by atoms with Crippen molar-refractivity contribution in [3.8, 4) is 17.1 Å². The molecule has 2 aromatic heterocycles. The first-order valence-corrected chi connectivity index (χ1v) is 13.6. The number of aromatic nitrogens is 3. The summed E-state index contributed by atoms with van der Waals surface area (Å²) in [5.74, 6) is -0.820. The van der Waals surface area contributed by atoms with E-state index in [4.69, 9.17) is 9.47 Å². The summed E-state index contributed by atoms with van der Waals surface area (Å²) in [5.41, 5.74) is -0.341. The molecule has 3 saturated heterocycles. The van der Waals surface area contributed by atoms with Crippen LogP contribution in [-0.2, 0) is 9.53 Å². The number of aromatic amines is 1. The maximum Gasteiger partial charge on any atom is 0.272 e. The molecule has 2 bridgehead atoms. The highest BCUT2D eigenvalue weighted by Crippen LogP contribution is 2.43. The number of methoxy groups -OCH3 is 1. The molecule has 6 rings (SSSR count). The number of nitrogens with zero attached hydrogens (tertiary/aromatic N) is 3. The molecule has 0 radical (unpaired) electrons. The van der Waals surface area contributed by atoms with Gasteiger partial charge in [-0.2, -0.15) is 5.10 Å². The molecule has 4 atom stereocenters. The van der Waals surface area contributed by atoms with Crippen molar-refractivity contribution in [1.29, 1.82) is 0 Å². The number of hydrogen-bond acceptors (Lipinski definition) is 6. The monoisotopic (exact) mass is 547 g/mol. The van der Waals surface area contributed by atoms with E-state index in [1.54, 1.807) is 0 Å². The van der Waals surface area contributed by atoms with E-state index < -0.39 is 23.8 Å². The number of rotatable bonds is 5. The van der Waals surface area contributed by atoms with Gasteiger partial charge in [-0.3, -0.25) is 14.7 Å². The fraction of sp³-hybridized carbons (Fsp3) is 0.630. The second-order valence-electron chi connectivity index (χ2n) is 11.2. The number of carbonyl (C=O) groups excluding carboxylic acids is 2. The Morgan fingerprint density at radius 1 is 1.15 bits per heavy atom. The summed E-state index contributed by atoms with van der Waals surface area (Å²) in [5, 5.41) is 10.0. The van der Waals surface area contributed by atoms with Crippen LogP contribution in [0, 0.1) is 11.7 Å². The third-order valence-corrected chi connectivity index (χ3v) is 8.99. The normalized spacial score (nSPS) is 33.9. The van der Waals surface area contributed by atoms with E-state index in [1.165, 1.54) is 19.2 Å². The smallest absolute Gasteiger partial charge is 0.272 e. The van der Waals surface area contributed by atoms with Crippen LogP contribution in [0.15, 0.2) is 18.3 Å². The van der Waals surface area contributed by atoms with Gasteiger partial charge in [-0.05, 0) is 57.4 Å². The van der Waals surface area contributed by atoms with Gasteiger partial charge < -0.3 is 19.7 Å². The van der Waals surface area contributed by atoms with Crippen LogP contribution in [0.4, 0.5) is 13.2 Å². The Morgan fingerprint density at radius 3 is 2.51 bits per heavy atom. The molecule has 1 saturated carbocycles.